The Balaban J connectivity index is 2.36. The van der Waals surface area contributed by atoms with Gasteiger partial charge in [0.25, 0.3) is 0 Å². The Morgan fingerprint density at radius 2 is 2.00 bits per heavy atom. The van der Waals surface area contributed by atoms with Crippen LogP contribution in [0.2, 0.25) is 10.0 Å². The first kappa shape index (κ1) is 14.6. The molecule has 1 atom stereocenters. The van der Waals surface area contributed by atoms with E-state index in [-0.39, 0.29) is 5.75 Å². The number of benzene rings is 1. The van der Waals surface area contributed by atoms with Gasteiger partial charge in [0.15, 0.2) is 0 Å². The summed E-state index contributed by atoms with van der Waals surface area (Å²) in [6, 6.07) is 2.85. The second-order valence-electron chi connectivity index (χ2n) is 4.15. The summed E-state index contributed by atoms with van der Waals surface area (Å²) < 4.78 is 25.5. The van der Waals surface area contributed by atoms with Crippen LogP contribution in [-0.2, 0) is 10.0 Å². The van der Waals surface area contributed by atoms with Crippen LogP contribution in [0.1, 0.15) is 25.7 Å². The fraction of sp³-hybridized carbons (Fsp3) is 0.364. The van der Waals surface area contributed by atoms with Gasteiger partial charge in [0.2, 0.25) is 10.0 Å². The van der Waals surface area contributed by atoms with Crippen molar-refractivity contribution in [3.05, 3.63) is 28.0 Å². The number of sulfonamides is 1. The molecule has 5 nitrogen and oxygen atoms in total. The number of H-pyrrole nitrogens is 1. The minimum Gasteiger partial charge on any atom is -0.341 e. The quantitative estimate of drug-likeness (QED) is 0.909. The van der Waals surface area contributed by atoms with E-state index in [0.29, 0.717) is 26.9 Å². The number of nitrogens with one attached hydrogen (secondary N) is 2. The normalized spacial score (nSPS) is 13.9. The molecule has 0 unspecified atom stereocenters. The molecule has 2 aromatic rings. The van der Waals surface area contributed by atoms with Gasteiger partial charge in [-0.1, -0.05) is 23.2 Å². The maximum Gasteiger partial charge on any atom is 0.211 e. The van der Waals surface area contributed by atoms with E-state index < -0.39 is 16.1 Å². The standard InChI is InChI=1S/C11H13Cl2N3O2S/c1-3-19(17,18)16-6(2)11-14-9-4-7(12)8(13)5-10(9)15-11/h4-6,16H,3H2,1-2H3,(H,14,15)/t6-/m1/s1. The van der Waals surface area contributed by atoms with Crippen molar-refractivity contribution in [2.45, 2.75) is 19.9 Å². The Hall–Kier alpha value is -0.820. The number of aromatic nitrogens is 2. The molecule has 1 aromatic carbocycles. The fourth-order valence-electron chi connectivity index (χ4n) is 1.64. The molecular formula is C11H13Cl2N3O2S. The zero-order chi connectivity index (χ0) is 14.2. The van der Waals surface area contributed by atoms with E-state index in [2.05, 4.69) is 14.7 Å². The molecule has 0 aliphatic rings. The number of hydrogen-bond donors (Lipinski definition) is 2. The Kier molecular flexibility index (Phi) is 4.06. The third-order valence-corrected chi connectivity index (χ3v) is 4.88. The molecule has 0 saturated heterocycles. The molecule has 1 heterocycles. The SMILES string of the molecule is CCS(=O)(=O)N[C@H](C)c1nc2cc(Cl)c(Cl)cc2[nH]1. The van der Waals surface area contributed by atoms with Gasteiger partial charge in [-0.05, 0) is 26.0 Å². The number of nitrogens with zero attached hydrogens (tertiary/aromatic N) is 1. The highest BCUT2D eigenvalue weighted by molar-refractivity contribution is 7.89. The van der Waals surface area contributed by atoms with Crippen molar-refractivity contribution < 1.29 is 8.42 Å². The molecule has 104 valence electrons. The molecule has 8 heteroatoms. The lowest BCUT2D eigenvalue weighted by Gasteiger charge is -2.10. The molecule has 0 fully saturated rings. The van der Waals surface area contributed by atoms with Crippen LogP contribution in [0.4, 0.5) is 0 Å². The van der Waals surface area contributed by atoms with Crippen molar-refractivity contribution in [3.63, 3.8) is 0 Å². The van der Waals surface area contributed by atoms with Crippen molar-refractivity contribution in [2.75, 3.05) is 5.75 Å². The molecule has 2 N–H and O–H groups in total. The first-order valence-corrected chi connectivity index (χ1v) is 8.08. The highest BCUT2D eigenvalue weighted by Gasteiger charge is 2.17. The van der Waals surface area contributed by atoms with Crippen molar-refractivity contribution in [1.29, 1.82) is 0 Å². The summed E-state index contributed by atoms with van der Waals surface area (Å²) in [6.07, 6.45) is 0. The van der Waals surface area contributed by atoms with Crippen molar-refractivity contribution in [3.8, 4) is 0 Å². The Labute approximate surface area is 121 Å². The van der Waals surface area contributed by atoms with Gasteiger partial charge in [0.1, 0.15) is 5.82 Å². The first-order chi connectivity index (χ1) is 8.82. The van der Waals surface area contributed by atoms with Crippen LogP contribution in [0.5, 0.6) is 0 Å². The first-order valence-electron chi connectivity index (χ1n) is 5.67. The molecular weight excluding hydrogens is 309 g/mol. The zero-order valence-electron chi connectivity index (χ0n) is 10.4. The number of aromatic amines is 1. The maximum absolute atomic E-state index is 11.5. The average Bonchev–Trinajstić information content (AvgIpc) is 2.72. The topological polar surface area (TPSA) is 74.8 Å². The Morgan fingerprint density at radius 1 is 1.37 bits per heavy atom. The maximum atomic E-state index is 11.5. The van der Waals surface area contributed by atoms with Crippen LogP contribution < -0.4 is 4.72 Å². The van der Waals surface area contributed by atoms with E-state index in [9.17, 15) is 8.42 Å². The third kappa shape index (κ3) is 3.20. The second kappa shape index (κ2) is 5.28. The van der Waals surface area contributed by atoms with E-state index in [0.717, 1.165) is 0 Å². The summed E-state index contributed by atoms with van der Waals surface area (Å²) in [4.78, 5) is 7.34. The predicted molar refractivity (Wildman–Crippen MR) is 77.1 cm³/mol. The number of imidazole rings is 1. The monoisotopic (exact) mass is 321 g/mol. The molecule has 0 aliphatic carbocycles. The molecule has 0 saturated carbocycles. The van der Waals surface area contributed by atoms with Gasteiger partial charge in [0.05, 0.1) is 32.9 Å². The largest absolute Gasteiger partial charge is 0.341 e. The van der Waals surface area contributed by atoms with E-state index in [4.69, 9.17) is 23.2 Å². The minimum atomic E-state index is -3.28. The lowest BCUT2D eigenvalue weighted by Crippen LogP contribution is -2.28. The summed E-state index contributed by atoms with van der Waals surface area (Å²) >= 11 is 11.8. The number of hydrogen-bond acceptors (Lipinski definition) is 3. The second-order valence-corrected chi connectivity index (χ2v) is 7.01. The van der Waals surface area contributed by atoms with Gasteiger partial charge >= 0.3 is 0 Å². The summed E-state index contributed by atoms with van der Waals surface area (Å²) in [5.41, 5.74) is 1.36. The molecule has 0 bridgehead atoms. The molecule has 0 spiro atoms. The van der Waals surface area contributed by atoms with Crippen molar-refractivity contribution in [2.24, 2.45) is 0 Å². The summed E-state index contributed by atoms with van der Waals surface area (Å²) in [5.74, 6) is 0.542. The highest BCUT2D eigenvalue weighted by atomic mass is 35.5. The van der Waals surface area contributed by atoms with Gasteiger partial charge < -0.3 is 4.98 Å². The van der Waals surface area contributed by atoms with Crippen LogP contribution in [0.25, 0.3) is 11.0 Å². The smallest absolute Gasteiger partial charge is 0.211 e. The van der Waals surface area contributed by atoms with E-state index in [1.54, 1.807) is 26.0 Å². The predicted octanol–water partition coefficient (Wildman–Crippen LogP) is 2.87. The summed E-state index contributed by atoms with van der Waals surface area (Å²) in [7, 11) is -3.28. The minimum absolute atomic E-state index is 0.0230. The number of halogens is 2. The lowest BCUT2D eigenvalue weighted by molar-refractivity contribution is 0.563. The van der Waals surface area contributed by atoms with Crippen LogP contribution in [-0.4, -0.2) is 24.1 Å². The van der Waals surface area contributed by atoms with Crippen LogP contribution in [0.15, 0.2) is 12.1 Å². The fourth-order valence-corrected chi connectivity index (χ4v) is 2.78. The van der Waals surface area contributed by atoms with Crippen LogP contribution >= 0.6 is 23.2 Å². The lowest BCUT2D eigenvalue weighted by atomic mass is 10.3. The van der Waals surface area contributed by atoms with E-state index in [1.807, 2.05) is 0 Å². The van der Waals surface area contributed by atoms with Crippen LogP contribution in [0, 0.1) is 0 Å². The van der Waals surface area contributed by atoms with Gasteiger partial charge in [-0.15, -0.1) is 0 Å². The summed E-state index contributed by atoms with van der Waals surface area (Å²) in [5, 5.41) is 0.833. The molecule has 0 aliphatic heterocycles. The average molecular weight is 322 g/mol. The molecule has 0 amide bonds. The Morgan fingerprint density at radius 3 is 2.63 bits per heavy atom. The Bertz CT molecular complexity index is 673. The number of rotatable bonds is 4. The van der Waals surface area contributed by atoms with E-state index >= 15 is 0 Å². The van der Waals surface area contributed by atoms with Gasteiger partial charge in [-0.3, -0.25) is 0 Å². The van der Waals surface area contributed by atoms with Crippen molar-refractivity contribution in [1.82, 2.24) is 14.7 Å². The molecule has 2 rings (SSSR count). The summed E-state index contributed by atoms with van der Waals surface area (Å²) in [6.45, 7) is 3.29. The van der Waals surface area contributed by atoms with Crippen LogP contribution in [0.3, 0.4) is 0 Å². The molecule has 19 heavy (non-hydrogen) atoms. The van der Waals surface area contributed by atoms with E-state index in [1.165, 1.54) is 0 Å². The van der Waals surface area contributed by atoms with Gasteiger partial charge in [-0.2, -0.15) is 0 Å². The van der Waals surface area contributed by atoms with Gasteiger partial charge in [-0.25, -0.2) is 18.1 Å². The van der Waals surface area contributed by atoms with Gasteiger partial charge in [0, 0.05) is 0 Å². The number of fused-ring (bicyclic) bond motifs is 1. The molecule has 1 aromatic heterocycles. The molecule has 0 radical (unpaired) electrons. The highest BCUT2D eigenvalue weighted by Crippen LogP contribution is 2.27. The zero-order valence-corrected chi connectivity index (χ0v) is 12.7. The van der Waals surface area contributed by atoms with Crippen molar-refractivity contribution >= 4 is 44.3 Å². The third-order valence-electron chi connectivity index (χ3n) is 2.69.